The molecule has 0 saturated heterocycles. The smallest absolute Gasteiger partial charge is 0.126 e. The van der Waals surface area contributed by atoms with Crippen LogP contribution in [-0.2, 0) is 4.79 Å². The van der Waals surface area contributed by atoms with Gasteiger partial charge in [-0.3, -0.25) is 0 Å². The molecule has 110 valence electrons. The molecule has 0 aliphatic carbocycles. The third-order valence-corrected chi connectivity index (χ3v) is 2.61. The summed E-state index contributed by atoms with van der Waals surface area (Å²) < 4.78 is 0. The molecule has 0 radical (unpaired) electrons. The van der Waals surface area contributed by atoms with Gasteiger partial charge in [0.2, 0.25) is 0 Å². The molecule has 0 saturated carbocycles. The van der Waals surface area contributed by atoms with E-state index in [4.69, 9.17) is 0 Å². The topological polar surface area (TPSA) is 58.9 Å². The minimum atomic E-state index is 0.167. The van der Waals surface area contributed by atoms with Crippen molar-refractivity contribution in [1.29, 1.82) is 0 Å². The van der Waals surface area contributed by atoms with E-state index in [1.54, 1.807) is 0 Å². The maximum absolute atomic E-state index is 9.44. The van der Waals surface area contributed by atoms with Gasteiger partial charge >= 0.3 is 0 Å². The number of hydrogen-bond acceptors (Lipinski definition) is 2. The predicted octanol–water partition coefficient (Wildman–Crippen LogP) is 4.01. The molecule has 0 aliphatic rings. The van der Waals surface area contributed by atoms with Crippen LogP contribution in [0, 0.1) is 0 Å². The van der Waals surface area contributed by atoms with E-state index >= 15 is 0 Å². The van der Waals surface area contributed by atoms with Gasteiger partial charge in [-0.25, -0.2) is 0 Å². The number of aromatic nitrogens is 1. The minimum absolute atomic E-state index is 0.167. The van der Waals surface area contributed by atoms with Gasteiger partial charge in [0.15, 0.2) is 0 Å². The highest BCUT2D eigenvalue weighted by atomic mass is 16.1. The van der Waals surface area contributed by atoms with Crippen molar-refractivity contribution >= 4 is 16.7 Å². The molecule has 3 aromatic rings. The number of para-hydroxylation sites is 1. The number of fused-ring (bicyclic) bond motifs is 1. The van der Waals surface area contributed by atoms with Gasteiger partial charge in [0.05, 0.1) is 0 Å². The lowest BCUT2D eigenvalue weighted by Crippen LogP contribution is -1.74. The number of H-pyrrole nitrogens is 1. The first-order chi connectivity index (χ1) is 10.2. The zero-order valence-corrected chi connectivity index (χ0v) is 12.8. The van der Waals surface area contributed by atoms with Gasteiger partial charge in [-0.2, -0.15) is 0 Å². The van der Waals surface area contributed by atoms with E-state index in [9.17, 15) is 4.79 Å². The number of ketones is 1. The molecule has 0 aliphatic heterocycles. The van der Waals surface area contributed by atoms with Gasteiger partial charge in [0, 0.05) is 16.6 Å². The van der Waals surface area contributed by atoms with Crippen LogP contribution in [0.15, 0.2) is 60.7 Å². The Kier molecular flexibility index (Phi) is 6.92. The van der Waals surface area contributed by atoms with Crippen molar-refractivity contribution < 1.29 is 4.79 Å². The minimum Gasteiger partial charge on any atom is -0.355 e. The quantitative estimate of drug-likeness (QED) is 0.708. The van der Waals surface area contributed by atoms with Crippen molar-refractivity contribution in [3.8, 4) is 11.3 Å². The number of nitrogens with one attached hydrogen (secondary N) is 1. The molecular weight excluding hydrogens is 260 g/mol. The summed E-state index contributed by atoms with van der Waals surface area (Å²) in [6.45, 7) is 3.06. The number of Topliss-reactive ketones (excluding diaryl/α,β-unsaturated/α-hetero) is 1. The van der Waals surface area contributed by atoms with E-state index in [-0.39, 0.29) is 5.78 Å². The molecule has 0 fully saturated rings. The van der Waals surface area contributed by atoms with Crippen LogP contribution < -0.4 is 5.73 Å². The number of benzene rings is 2. The van der Waals surface area contributed by atoms with Crippen LogP contribution in [0.2, 0.25) is 0 Å². The highest BCUT2D eigenvalue weighted by molar-refractivity contribution is 5.85. The summed E-state index contributed by atoms with van der Waals surface area (Å²) in [4.78, 5) is 12.9. The van der Waals surface area contributed by atoms with Crippen molar-refractivity contribution in [2.45, 2.75) is 13.8 Å². The van der Waals surface area contributed by atoms with Crippen molar-refractivity contribution in [1.82, 2.24) is 4.98 Å². The molecule has 0 atom stereocenters. The summed E-state index contributed by atoms with van der Waals surface area (Å²) in [6.07, 6.45) is 0. The van der Waals surface area contributed by atoms with Gasteiger partial charge < -0.3 is 15.5 Å². The summed E-state index contributed by atoms with van der Waals surface area (Å²) in [7, 11) is 1.50. The van der Waals surface area contributed by atoms with Crippen LogP contribution >= 0.6 is 0 Å². The fourth-order valence-corrected chi connectivity index (χ4v) is 1.85. The van der Waals surface area contributed by atoms with Gasteiger partial charge in [-0.15, -0.1) is 0 Å². The first-order valence-electron chi connectivity index (χ1n) is 6.85. The van der Waals surface area contributed by atoms with E-state index in [0.717, 1.165) is 0 Å². The Morgan fingerprint density at radius 3 is 2.00 bits per heavy atom. The molecule has 0 spiro atoms. The molecule has 3 N–H and O–H groups in total. The van der Waals surface area contributed by atoms with Crippen LogP contribution in [0.5, 0.6) is 0 Å². The molecule has 0 unspecified atom stereocenters. The average molecular weight is 282 g/mol. The predicted molar refractivity (Wildman–Crippen MR) is 90.2 cm³/mol. The number of nitrogens with two attached hydrogens (primary N) is 1. The Morgan fingerprint density at radius 1 is 0.905 bits per heavy atom. The molecule has 3 rings (SSSR count). The Labute approximate surface area is 125 Å². The number of hydrogen-bond donors (Lipinski definition) is 2. The lowest BCUT2D eigenvalue weighted by atomic mass is 10.1. The van der Waals surface area contributed by atoms with Crippen LogP contribution in [0.3, 0.4) is 0 Å². The molecule has 3 heteroatoms. The van der Waals surface area contributed by atoms with Crippen LogP contribution in [0.1, 0.15) is 13.8 Å². The van der Waals surface area contributed by atoms with E-state index in [2.05, 4.69) is 59.2 Å². The second-order valence-electron chi connectivity index (χ2n) is 4.54. The molecule has 2 aromatic carbocycles. The van der Waals surface area contributed by atoms with E-state index in [1.807, 2.05) is 12.1 Å². The second kappa shape index (κ2) is 8.72. The zero-order valence-electron chi connectivity index (χ0n) is 12.8. The largest absolute Gasteiger partial charge is 0.355 e. The first-order valence-corrected chi connectivity index (χ1v) is 6.85. The third kappa shape index (κ3) is 5.24. The number of aromatic amines is 1. The molecule has 0 amide bonds. The Morgan fingerprint density at radius 2 is 1.43 bits per heavy atom. The lowest BCUT2D eigenvalue weighted by molar-refractivity contribution is -0.114. The van der Waals surface area contributed by atoms with E-state index in [0.29, 0.717) is 0 Å². The highest BCUT2D eigenvalue weighted by Gasteiger charge is 2.00. The molecule has 1 aromatic heterocycles. The van der Waals surface area contributed by atoms with Gasteiger partial charge in [-0.1, -0.05) is 48.5 Å². The first kappa shape index (κ1) is 16.7. The van der Waals surface area contributed by atoms with Crippen molar-refractivity contribution in [3.05, 3.63) is 60.7 Å². The van der Waals surface area contributed by atoms with Crippen molar-refractivity contribution in [3.63, 3.8) is 0 Å². The SMILES string of the molecule is CC(C)=O.CN.c1ccc(-c2cc3ccccc3[nH]2)cc1. The summed E-state index contributed by atoms with van der Waals surface area (Å²) in [6, 6.07) is 20.9. The Balaban J connectivity index is 0.000000322. The Hall–Kier alpha value is -2.39. The van der Waals surface area contributed by atoms with Gasteiger partial charge in [-0.05, 0) is 38.6 Å². The second-order valence-corrected chi connectivity index (χ2v) is 4.54. The number of carbonyl (C=O) groups excluding carboxylic acids is 1. The van der Waals surface area contributed by atoms with Crippen LogP contribution in [0.25, 0.3) is 22.2 Å². The summed E-state index contributed by atoms with van der Waals surface area (Å²) in [5.74, 6) is 0.167. The van der Waals surface area contributed by atoms with Crippen LogP contribution in [-0.4, -0.2) is 17.8 Å². The number of rotatable bonds is 1. The average Bonchev–Trinajstić information content (AvgIpc) is 2.94. The molecule has 1 heterocycles. The van der Waals surface area contributed by atoms with Gasteiger partial charge in [0.1, 0.15) is 5.78 Å². The monoisotopic (exact) mass is 282 g/mol. The van der Waals surface area contributed by atoms with Gasteiger partial charge in [0.25, 0.3) is 0 Å². The maximum atomic E-state index is 9.44. The zero-order chi connectivity index (χ0) is 15.7. The normalized spacial score (nSPS) is 9.14. The Bertz CT molecular complexity index is 635. The fourth-order valence-electron chi connectivity index (χ4n) is 1.85. The standard InChI is InChI=1S/C14H11N.C3H6O.CH5N/c1-2-6-11(7-3-1)14-10-12-8-4-5-9-13(12)15-14;1-3(2)4;1-2/h1-10,15H;1-2H3;2H2,1H3. The molecule has 3 nitrogen and oxygen atoms in total. The lowest BCUT2D eigenvalue weighted by Gasteiger charge is -1.94. The third-order valence-electron chi connectivity index (χ3n) is 2.61. The van der Waals surface area contributed by atoms with Crippen molar-refractivity contribution in [2.75, 3.05) is 7.05 Å². The molecule has 21 heavy (non-hydrogen) atoms. The number of carbonyl (C=O) groups is 1. The summed E-state index contributed by atoms with van der Waals surface area (Å²) in [5, 5.41) is 1.26. The highest BCUT2D eigenvalue weighted by Crippen LogP contribution is 2.23. The molecule has 0 bridgehead atoms. The fraction of sp³-hybridized carbons (Fsp3) is 0.167. The summed E-state index contributed by atoms with van der Waals surface area (Å²) in [5.41, 5.74) is 8.10. The van der Waals surface area contributed by atoms with E-state index < -0.39 is 0 Å². The molecular formula is C18H22N2O. The maximum Gasteiger partial charge on any atom is 0.126 e. The summed E-state index contributed by atoms with van der Waals surface area (Å²) >= 11 is 0. The van der Waals surface area contributed by atoms with Crippen LogP contribution in [0.4, 0.5) is 0 Å². The van der Waals surface area contributed by atoms with Crippen molar-refractivity contribution in [2.24, 2.45) is 5.73 Å². The van der Waals surface area contributed by atoms with E-state index in [1.165, 1.54) is 43.1 Å².